The highest BCUT2D eigenvalue weighted by atomic mass is 16.2. The minimum Gasteiger partial charge on any atom is -0.344 e. The van der Waals surface area contributed by atoms with E-state index in [2.05, 4.69) is 41.4 Å². The molecule has 2 aromatic rings. The number of likely N-dealkylation sites (tertiary alicyclic amines) is 1. The molecule has 1 aliphatic heterocycles. The van der Waals surface area contributed by atoms with E-state index in [0.29, 0.717) is 12.6 Å². The molecule has 3 heteroatoms. The van der Waals surface area contributed by atoms with Gasteiger partial charge in [0.05, 0.1) is 12.6 Å². The van der Waals surface area contributed by atoms with Crippen molar-refractivity contribution in [3.05, 3.63) is 71.8 Å². The summed E-state index contributed by atoms with van der Waals surface area (Å²) in [6.07, 6.45) is 3.66. The maximum Gasteiger partial charge on any atom is 0.234 e. The van der Waals surface area contributed by atoms with Crippen molar-refractivity contribution in [2.45, 2.75) is 38.3 Å². The monoisotopic (exact) mass is 322 g/mol. The topological polar surface area (TPSA) is 32.3 Å². The SMILES string of the molecule is C[C@H]1CCCCN1CC(=O)NC(c1ccccc1)c1ccccc1. The highest BCUT2D eigenvalue weighted by molar-refractivity contribution is 5.79. The molecule has 0 saturated carbocycles. The van der Waals surface area contributed by atoms with Crippen molar-refractivity contribution in [3.63, 3.8) is 0 Å². The van der Waals surface area contributed by atoms with Crippen molar-refractivity contribution in [1.29, 1.82) is 0 Å². The zero-order valence-electron chi connectivity index (χ0n) is 14.3. The summed E-state index contributed by atoms with van der Waals surface area (Å²) in [7, 11) is 0. The van der Waals surface area contributed by atoms with Crippen LogP contribution < -0.4 is 5.32 Å². The van der Waals surface area contributed by atoms with E-state index < -0.39 is 0 Å². The summed E-state index contributed by atoms with van der Waals surface area (Å²) in [5.41, 5.74) is 2.23. The second kappa shape index (κ2) is 8.11. The molecule has 1 fully saturated rings. The van der Waals surface area contributed by atoms with Gasteiger partial charge in [-0.2, -0.15) is 0 Å². The van der Waals surface area contributed by atoms with E-state index in [0.717, 1.165) is 17.7 Å². The van der Waals surface area contributed by atoms with E-state index in [4.69, 9.17) is 0 Å². The Bertz CT molecular complexity index is 602. The van der Waals surface area contributed by atoms with Gasteiger partial charge in [-0.25, -0.2) is 0 Å². The fraction of sp³-hybridized carbons (Fsp3) is 0.381. The van der Waals surface area contributed by atoms with Crippen molar-refractivity contribution in [1.82, 2.24) is 10.2 Å². The molecule has 1 saturated heterocycles. The highest BCUT2D eigenvalue weighted by Crippen LogP contribution is 2.22. The number of benzene rings is 2. The molecule has 1 atom stereocenters. The number of amides is 1. The third-order valence-corrected chi connectivity index (χ3v) is 4.86. The third kappa shape index (κ3) is 4.24. The van der Waals surface area contributed by atoms with Crippen molar-refractivity contribution in [3.8, 4) is 0 Å². The lowest BCUT2D eigenvalue weighted by Crippen LogP contribution is -2.45. The van der Waals surface area contributed by atoms with E-state index in [-0.39, 0.29) is 11.9 Å². The van der Waals surface area contributed by atoms with Gasteiger partial charge in [0, 0.05) is 6.04 Å². The molecule has 0 aliphatic carbocycles. The Labute approximate surface area is 144 Å². The number of nitrogens with zero attached hydrogens (tertiary/aromatic N) is 1. The van der Waals surface area contributed by atoms with Crippen molar-refractivity contribution < 1.29 is 4.79 Å². The average Bonchev–Trinajstić information content (AvgIpc) is 2.63. The predicted molar refractivity (Wildman–Crippen MR) is 97.8 cm³/mol. The number of carbonyl (C=O) groups is 1. The molecular formula is C21H26N2O. The summed E-state index contributed by atoms with van der Waals surface area (Å²) in [6.45, 7) is 3.73. The van der Waals surface area contributed by atoms with Gasteiger partial charge in [0.25, 0.3) is 0 Å². The van der Waals surface area contributed by atoms with Gasteiger partial charge < -0.3 is 5.32 Å². The third-order valence-electron chi connectivity index (χ3n) is 4.86. The van der Waals surface area contributed by atoms with Crippen molar-refractivity contribution >= 4 is 5.91 Å². The average molecular weight is 322 g/mol. The second-order valence-electron chi connectivity index (χ2n) is 6.64. The van der Waals surface area contributed by atoms with Crippen LogP contribution in [-0.2, 0) is 4.79 Å². The van der Waals surface area contributed by atoms with E-state index in [1.165, 1.54) is 19.3 Å². The number of hydrogen-bond acceptors (Lipinski definition) is 2. The molecule has 2 aromatic carbocycles. The highest BCUT2D eigenvalue weighted by Gasteiger charge is 2.22. The zero-order valence-corrected chi connectivity index (χ0v) is 14.3. The quantitative estimate of drug-likeness (QED) is 0.909. The first-order valence-electron chi connectivity index (χ1n) is 8.87. The van der Waals surface area contributed by atoms with Crippen LogP contribution in [0.4, 0.5) is 0 Å². The lowest BCUT2D eigenvalue weighted by molar-refractivity contribution is -0.123. The number of carbonyl (C=O) groups excluding carboxylic acids is 1. The number of rotatable bonds is 5. The van der Waals surface area contributed by atoms with Gasteiger partial charge in [-0.3, -0.25) is 9.69 Å². The lowest BCUT2D eigenvalue weighted by atomic mass is 9.98. The van der Waals surface area contributed by atoms with Gasteiger partial charge in [0.15, 0.2) is 0 Å². The van der Waals surface area contributed by atoms with E-state index in [1.54, 1.807) is 0 Å². The van der Waals surface area contributed by atoms with Crippen LogP contribution in [0.1, 0.15) is 43.4 Å². The second-order valence-corrected chi connectivity index (χ2v) is 6.64. The summed E-state index contributed by atoms with van der Waals surface area (Å²) in [4.78, 5) is 15.0. The van der Waals surface area contributed by atoms with E-state index in [9.17, 15) is 4.79 Å². The molecule has 0 radical (unpaired) electrons. The minimum atomic E-state index is -0.0972. The molecule has 126 valence electrons. The van der Waals surface area contributed by atoms with Gasteiger partial charge >= 0.3 is 0 Å². The normalized spacial score (nSPS) is 18.5. The zero-order chi connectivity index (χ0) is 16.8. The molecule has 1 N–H and O–H groups in total. The summed E-state index contributed by atoms with van der Waals surface area (Å²) < 4.78 is 0. The molecule has 0 bridgehead atoms. The summed E-state index contributed by atoms with van der Waals surface area (Å²) >= 11 is 0. The standard InChI is InChI=1S/C21H26N2O/c1-17-10-8-9-15-23(17)16-20(24)22-21(18-11-4-2-5-12-18)19-13-6-3-7-14-19/h2-7,11-14,17,21H,8-10,15-16H2,1H3,(H,22,24)/t17-/m0/s1. The Hall–Kier alpha value is -2.13. The van der Waals surface area contributed by atoms with Crippen LogP contribution in [-0.4, -0.2) is 29.9 Å². The van der Waals surface area contributed by atoms with Gasteiger partial charge in [-0.15, -0.1) is 0 Å². The number of hydrogen-bond donors (Lipinski definition) is 1. The van der Waals surface area contributed by atoms with Gasteiger partial charge in [-0.1, -0.05) is 67.1 Å². The molecule has 1 heterocycles. The predicted octanol–water partition coefficient (Wildman–Crippen LogP) is 3.77. The smallest absolute Gasteiger partial charge is 0.234 e. The first kappa shape index (κ1) is 16.7. The molecule has 1 aliphatic rings. The Balaban J connectivity index is 1.73. The fourth-order valence-corrected chi connectivity index (χ4v) is 3.43. The van der Waals surface area contributed by atoms with Crippen molar-refractivity contribution in [2.75, 3.05) is 13.1 Å². The number of nitrogens with one attached hydrogen (secondary N) is 1. The van der Waals surface area contributed by atoms with Crippen LogP contribution in [0.15, 0.2) is 60.7 Å². The Morgan fingerprint density at radius 3 is 2.17 bits per heavy atom. The van der Waals surface area contributed by atoms with Crippen LogP contribution in [0.2, 0.25) is 0 Å². The molecule has 1 amide bonds. The van der Waals surface area contributed by atoms with E-state index in [1.807, 2.05) is 36.4 Å². The van der Waals surface area contributed by atoms with Crippen LogP contribution in [0.25, 0.3) is 0 Å². The van der Waals surface area contributed by atoms with Crippen LogP contribution in [0.3, 0.4) is 0 Å². The van der Waals surface area contributed by atoms with Gasteiger partial charge in [0.1, 0.15) is 0 Å². The molecule has 3 rings (SSSR count). The molecule has 0 unspecified atom stereocenters. The maximum atomic E-state index is 12.7. The Kier molecular flexibility index (Phi) is 5.65. The van der Waals surface area contributed by atoms with Crippen LogP contribution >= 0.6 is 0 Å². The largest absolute Gasteiger partial charge is 0.344 e. The fourth-order valence-electron chi connectivity index (χ4n) is 3.43. The molecular weight excluding hydrogens is 296 g/mol. The maximum absolute atomic E-state index is 12.7. The molecule has 0 spiro atoms. The molecule has 0 aromatic heterocycles. The summed E-state index contributed by atoms with van der Waals surface area (Å²) in [5.74, 6) is 0.0986. The minimum absolute atomic E-state index is 0.0972. The summed E-state index contributed by atoms with van der Waals surface area (Å²) in [5, 5.41) is 3.24. The van der Waals surface area contributed by atoms with Crippen LogP contribution in [0, 0.1) is 0 Å². The van der Waals surface area contributed by atoms with Gasteiger partial charge in [-0.05, 0) is 37.4 Å². The number of piperidine rings is 1. The first-order chi connectivity index (χ1) is 11.7. The van der Waals surface area contributed by atoms with E-state index >= 15 is 0 Å². The van der Waals surface area contributed by atoms with Gasteiger partial charge in [0.2, 0.25) is 5.91 Å². The Morgan fingerprint density at radius 2 is 1.62 bits per heavy atom. The van der Waals surface area contributed by atoms with Crippen molar-refractivity contribution in [2.24, 2.45) is 0 Å². The first-order valence-corrected chi connectivity index (χ1v) is 8.87. The summed E-state index contributed by atoms with van der Waals surface area (Å²) in [6, 6.07) is 20.8. The van der Waals surface area contributed by atoms with Crippen LogP contribution in [0.5, 0.6) is 0 Å². The molecule has 24 heavy (non-hydrogen) atoms. The lowest BCUT2D eigenvalue weighted by Gasteiger charge is -2.33. The Morgan fingerprint density at radius 1 is 1.04 bits per heavy atom. The molecule has 3 nitrogen and oxygen atoms in total.